The van der Waals surface area contributed by atoms with Crippen LogP contribution in [-0.4, -0.2) is 29.3 Å². The summed E-state index contributed by atoms with van der Waals surface area (Å²) in [4.78, 5) is 23.5. The molecule has 0 spiro atoms. The molecule has 3 rings (SSSR count). The van der Waals surface area contributed by atoms with Gasteiger partial charge < -0.3 is 14.6 Å². The van der Waals surface area contributed by atoms with Crippen molar-refractivity contribution in [2.24, 2.45) is 11.8 Å². The number of aliphatic carboxylic acids is 1. The molecule has 2 aliphatic rings. The Labute approximate surface area is 123 Å². The zero-order valence-corrected chi connectivity index (χ0v) is 11.8. The van der Waals surface area contributed by atoms with Crippen LogP contribution in [0, 0.1) is 11.8 Å². The van der Waals surface area contributed by atoms with Crippen LogP contribution >= 0.6 is 15.9 Å². The Morgan fingerprint density at radius 1 is 1.10 bits per heavy atom. The van der Waals surface area contributed by atoms with Gasteiger partial charge in [0.25, 0.3) is 0 Å². The first-order valence-corrected chi connectivity index (χ1v) is 6.89. The predicted octanol–water partition coefficient (Wildman–Crippen LogP) is 2.01. The molecule has 1 aromatic rings. The highest BCUT2D eigenvalue weighted by Crippen LogP contribution is 2.40. The molecule has 104 valence electrons. The Morgan fingerprint density at radius 2 is 1.70 bits per heavy atom. The molecule has 4 atom stereocenters. The average molecular weight is 339 g/mol. The van der Waals surface area contributed by atoms with E-state index in [9.17, 15) is 14.7 Å². The van der Waals surface area contributed by atoms with Gasteiger partial charge in [0, 0.05) is 4.47 Å². The van der Waals surface area contributed by atoms with E-state index >= 15 is 0 Å². The fourth-order valence-electron chi connectivity index (χ4n) is 2.57. The molecular formula is C14H11BrO5. The van der Waals surface area contributed by atoms with Gasteiger partial charge in [-0.2, -0.15) is 0 Å². The molecule has 0 amide bonds. The maximum atomic E-state index is 12.2. The highest BCUT2D eigenvalue weighted by atomic mass is 79.9. The molecule has 2 bridgehead atoms. The third kappa shape index (κ3) is 2.25. The maximum absolute atomic E-state index is 12.2. The van der Waals surface area contributed by atoms with Crippen molar-refractivity contribution >= 4 is 27.9 Å². The van der Waals surface area contributed by atoms with E-state index in [1.807, 2.05) is 0 Å². The molecule has 0 radical (unpaired) electrons. The van der Waals surface area contributed by atoms with Gasteiger partial charge >= 0.3 is 11.9 Å². The van der Waals surface area contributed by atoms with Gasteiger partial charge in [-0.1, -0.05) is 28.1 Å². The summed E-state index contributed by atoms with van der Waals surface area (Å²) in [6.07, 6.45) is 2.36. The second-order valence-corrected chi connectivity index (χ2v) is 5.63. The van der Waals surface area contributed by atoms with Crippen molar-refractivity contribution in [1.29, 1.82) is 0 Å². The highest BCUT2D eigenvalue weighted by Gasteiger charge is 2.54. The minimum absolute atomic E-state index is 0.383. The summed E-state index contributed by atoms with van der Waals surface area (Å²) in [5, 5.41) is 9.23. The minimum Gasteiger partial charge on any atom is -0.481 e. The lowest BCUT2D eigenvalue weighted by Gasteiger charge is -2.19. The van der Waals surface area contributed by atoms with Gasteiger partial charge in [0.1, 0.15) is 17.6 Å². The van der Waals surface area contributed by atoms with Crippen molar-refractivity contribution in [2.45, 2.75) is 12.2 Å². The number of hydrogen-bond acceptors (Lipinski definition) is 4. The van der Waals surface area contributed by atoms with Crippen LogP contribution in [0.25, 0.3) is 0 Å². The molecule has 1 N–H and O–H groups in total. The van der Waals surface area contributed by atoms with Crippen LogP contribution in [0.2, 0.25) is 0 Å². The zero-order chi connectivity index (χ0) is 14.3. The van der Waals surface area contributed by atoms with Crippen molar-refractivity contribution < 1.29 is 24.2 Å². The number of ether oxygens (including phenoxy) is 2. The van der Waals surface area contributed by atoms with Crippen molar-refractivity contribution in [3.8, 4) is 5.75 Å². The fourth-order valence-corrected chi connectivity index (χ4v) is 2.83. The number of hydrogen-bond donors (Lipinski definition) is 1. The summed E-state index contributed by atoms with van der Waals surface area (Å²) in [6.45, 7) is 0. The third-order valence-corrected chi connectivity index (χ3v) is 4.02. The minimum atomic E-state index is -1.04. The summed E-state index contributed by atoms with van der Waals surface area (Å²) in [5.41, 5.74) is 0. The normalized spacial score (nSPS) is 30.4. The van der Waals surface area contributed by atoms with Gasteiger partial charge in [0.05, 0.1) is 12.2 Å². The van der Waals surface area contributed by atoms with E-state index in [2.05, 4.69) is 15.9 Å². The smallest absolute Gasteiger partial charge is 0.318 e. The maximum Gasteiger partial charge on any atom is 0.318 e. The fraction of sp³-hybridized carbons (Fsp3) is 0.286. The van der Waals surface area contributed by atoms with E-state index in [1.54, 1.807) is 36.4 Å². The van der Waals surface area contributed by atoms with Crippen molar-refractivity contribution in [3.63, 3.8) is 0 Å². The average Bonchev–Trinajstić information content (AvgIpc) is 3.01. The number of esters is 1. The van der Waals surface area contributed by atoms with Gasteiger partial charge in [-0.25, -0.2) is 0 Å². The molecule has 5 nitrogen and oxygen atoms in total. The number of benzene rings is 1. The molecule has 0 saturated carbocycles. The van der Waals surface area contributed by atoms with Crippen molar-refractivity contribution in [2.75, 3.05) is 0 Å². The van der Waals surface area contributed by atoms with Gasteiger partial charge in [-0.05, 0) is 24.3 Å². The number of carbonyl (C=O) groups excluding carboxylic acids is 1. The van der Waals surface area contributed by atoms with E-state index in [0.29, 0.717) is 5.75 Å². The second kappa shape index (κ2) is 5.03. The second-order valence-electron chi connectivity index (χ2n) is 4.72. The Balaban J connectivity index is 1.78. The van der Waals surface area contributed by atoms with Crippen LogP contribution in [0.4, 0.5) is 0 Å². The molecule has 0 aliphatic carbocycles. The number of rotatable bonds is 3. The third-order valence-electron chi connectivity index (χ3n) is 3.49. The standard InChI is InChI=1S/C14H11BrO5/c15-7-1-3-8(4-2-7)19-14(18)12-10-6-5-9(20-10)11(12)13(16)17/h1-6,9-12H,(H,16,17). The zero-order valence-electron chi connectivity index (χ0n) is 10.2. The lowest BCUT2D eigenvalue weighted by Crippen LogP contribution is -2.38. The van der Waals surface area contributed by atoms with Crippen LogP contribution in [0.5, 0.6) is 5.75 Å². The van der Waals surface area contributed by atoms with E-state index in [-0.39, 0.29) is 0 Å². The van der Waals surface area contributed by atoms with Gasteiger partial charge in [0.15, 0.2) is 0 Å². The quantitative estimate of drug-likeness (QED) is 0.518. The van der Waals surface area contributed by atoms with Gasteiger partial charge in [-0.15, -0.1) is 0 Å². The monoisotopic (exact) mass is 338 g/mol. The van der Waals surface area contributed by atoms with Crippen LogP contribution in [-0.2, 0) is 14.3 Å². The molecule has 6 heteroatoms. The van der Waals surface area contributed by atoms with E-state index in [0.717, 1.165) is 4.47 Å². The van der Waals surface area contributed by atoms with Gasteiger partial charge in [-0.3, -0.25) is 9.59 Å². The topological polar surface area (TPSA) is 72.8 Å². The van der Waals surface area contributed by atoms with Crippen molar-refractivity contribution in [1.82, 2.24) is 0 Å². The summed E-state index contributed by atoms with van der Waals surface area (Å²) in [5.74, 6) is -2.91. The van der Waals surface area contributed by atoms with Crippen molar-refractivity contribution in [3.05, 3.63) is 40.9 Å². The summed E-state index contributed by atoms with van der Waals surface area (Å²) >= 11 is 3.29. The summed E-state index contributed by atoms with van der Waals surface area (Å²) < 4.78 is 11.6. The number of carboxylic acids is 1. The molecule has 1 fully saturated rings. The molecule has 20 heavy (non-hydrogen) atoms. The van der Waals surface area contributed by atoms with E-state index in [4.69, 9.17) is 9.47 Å². The molecule has 1 aromatic carbocycles. The van der Waals surface area contributed by atoms with Crippen LogP contribution in [0.1, 0.15) is 0 Å². The summed E-state index contributed by atoms with van der Waals surface area (Å²) in [7, 11) is 0. The summed E-state index contributed by atoms with van der Waals surface area (Å²) in [6, 6.07) is 6.77. The molecule has 1 saturated heterocycles. The van der Waals surface area contributed by atoms with Crippen LogP contribution < -0.4 is 4.74 Å². The largest absolute Gasteiger partial charge is 0.481 e. The highest BCUT2D eigenvalue weighted by molar-refractivity contribution is 9.10. The molecule has 2 heterocycles. The van der Waals surface area contributed by atoms with Gasteiger partial charge in [0.2, 0.25) is 0 Å². The Hall–Kier alpha value is -1.66. The number of carbonyl (C=O) groups is 2. The number of carboxylic acid groups (broad SMARTS) is 1. The Bertz CT molecular complexity index is 580. The first kappa shape index (κ1) is 13.3. The Kier molecular flexibility index (Phi) is 3.35. The predicted molar refractivity (Wildman–Crippen MR) is 72.2 cm³/mol. The van der Waals surface area contributed by atoms with E-state index in [1.165, 1.54) is 0 Å². The first-order chi connectivity index (χ1) is 9.56. The molecule has 0 aromatic heterocycles. The van der Waals surface area contributed by atoms with Crippen LogP contribution in [0.3, 0.4) is 0 Å². The lowest BCUT2D eigenvalue weighted by atomic mass is 9.83. The van der Waals surface area contributed by atoms with Crippen LogP contribution in [0.15, 0.2) is 40.9 Å². The SMILES string of the molecule is O=C(O)C1C2C=CC(O2)C1C(=O)Oc1ccc(Br)cc1. The first-order valence-electron chi connectivity index (χ1n) is 6.10. The van der Waals surface area contributed by atoms with E-state index < -0.39 is 36.0 Å². The molecule has 4 unspecified atom stereocenters. The Morgan fingerprint density at radius 3 is 2.30 bits per heavy atom. The lowest BCUT2D eigenvalue weighted by molar-refractivity contribution is -0.151. The molecular weight excluding hydrogens is 328 g/mol. The number of halogens is 1. The molecule has 2 aliphatic heterocycles. The number of fused-ring (bicyclic) bond motifs is 2.